The maximum atomic E-state index is 12.7. The van der Waals surface area contributed by atoms with Gasteiger partial charge < -0.3 is 5.32 Å². The third kappa shape index (κ3) is 3.49. The van der Waals surface area contributed by atoms with E-state index in [0.29, 0.717) is 12.1 Å². The van der Waals surface area contributed by atoms with Gasteiger partial charge in [0.2, 0.25) is 0 Å². The summed E-state index contributed by atoms with van der Waals surface area (Å²) in [6.45, 7) is 2.38. The van der Waals surface area contributed by atoms with E-state index in [4.69, 9.17) is 0 Å². The lowest BCUT2D eigenvalue weighted by atomic mass is 10.0. The van der Waals surface area contributed by atoms with Crippen molar-refractivity contribution in [2.24, 2.45) is 0 Å². The SMILES string of the molecule is CCCNC(=O)[C@H](C(=O)c1ccccc1)n1ccccc1=O. The number of hydrogen-bond donors (Lipinski definition) is 1. The van der Waals surface area contributed by atoms with Gasteiger partial charge >= 0.3 is 0 Å². The minimum absolute atomic E-state index is 0.386. The Balaban J connectivity index is 2.42. The summed E-state index contributed by atoms with van der Waals surface area (Å²) in [4.78, 5) is 37.1. The lowest BCUT2D eigenvalue weighted by Gasteiger charge is -2.18. The summed E-state index contributed by atoms with van der Waals surface area (Å²) in [6, 6.07) is 11.8. The van der Waals surface area contributed by atoms with Crippen LogP contribution in [0.15, 0.2) is 59.5 Å². The standard InChI is InChI=1S/C17H18N2O3/c1-2-11-18-17(22)15(19-12-7-6-10-14(19)20)16(21)13-8-4-3-5-9-13/h3-10,12,15H,2,11H2,1H3,(H,18,22)/t15-/m0/s1. The molecule has 0 bridgehead atoms. The molecule has 0 aliphatic rings. The fourth-order valence-corrected chi connectivity index (χ4v) is 2.13. The number of amides is 1. The topological polar surface area (TPSA) is 68.2 Å². The number of aromatic nitrogens is 1. The predicted octanol–water partition coefficient (Wildman–Crippen LogP) is 1.80. The lowest BCUT2D eigenvalue weighted by molar-refractivity contribution is -0.123. The zero-order chi connectivity index (χ0) is 15.9. The number of carbonyl (C=O) groups excluding carboxylic acids is 2. The predicted molar refractivity (Wildman–Crippen MR) is 83.8 cm³/mol. The van der Waals surface area contributed by atoms with E-state index in [1.807, 2.05) is 6.92 Å². The van der Waals surface area contributed by atoms with E-state index in [1.165, 1.54) is 16.8 Å². The molecule has 0 fully saturated rings. The number of rotatable bonds is 6. The first-order valence-corrected chi connectivity index (χ1v) is 7.19. The molecular formula is C17H18N2O3. The van der Waals surface area contributed by atoms with Gasteiger partial charge in [0.15, 0.2) is 11.8 Å². The van der Waals surface area contributed by atoms with Gasteiger partial charge in [-0.2, -0.15) is 0 Å². The Labute approximate surface area is 128 Å². The molecule has 22 heavy (non-hydrogen) atoms. The van der Waals surface area contributed by atoms with Crippen LogP contribution in [0.2, 0.25) is 0 Å². The molecule has 5 heteroatoms. The highest BCUT2D eigenvalue weighted by Gasteiger charge is 2.29. The number of Topliss-reactive ketones (excluding diaryl/α,β-unsaturated/α-hetero) is 1. The van der Waals surface area contributed by atoms with Crippen LogP contribution in [0.5, 0.6) is 0 Å². The first-order chi connectivity index (χ1) is 10.6. The second-order valence-electron chi connectivity index (χ2n) is 4.87. The van der Waals surface area contributed by atoms with E-state index in [2.05, 4.69) is 5.32 Å². The summed E-state index contributed by atoms with van der Waals surface area (Å²) in [5.41, 5.74) is 0.0123. The van der Waals surface area contributed by atoms with Crippen LogP contribution in [0.25, 0.3) is 0 Å². The molecule has 0 aliphatic carbocycles. The summed E-state index contributed by atoms with van der Waals surface area (Å²) in [5.74, 6) is -0.869. The molecule has 0 spiro atoms. The molecule has 1 aromatic heterocycles. The quantitative estimate of drug-likeness (QED) is 0.653. The Morgan fingerprint density at radius 2 is 1.77 bits per heavy atom. The molecule has 114 valence electrons. The molecule has 1 aromatic carbocycles. The van der Waals surface area contributed by atoms with Crippen molar-refractivity contribution in [2.75, 3.05) is 6.54 Å². The Hall–Kier alpha value is -2.69. The van der Waals surface area contributed by atoms with Gasteiger partial charge in [-0.05, 0) is 12.5 Å². The van der Waals surface area contributed by atoms with Gasteiger partial charge in [-0.15, -0.1) is 0 Å². The summed E-state index contributed by atoms with van der Waals surface area (Å²) >= 11 is 0. The summed E-state index contributed by atoms with van der Waals surface area (Å²) in [7, 11) is 0. The second-order valence-corrected chi connectivity index (χ2v) is 4.87. The molecule has 5 nitrogen and oxygen atoms in total. The van der Waals surface area contributed by atoms with Crippen LogP contribution < -0.4 is 10.9 Å². The number of carbonyl (C=O) groups is 2. The molecule has 1 amide bonds. The molecular weight excluding hydrogens is 280 g/mol. The highest BCUT2D eigenvalue weighted by Crippen LogP contribution is 2.13. The van der Waals surface area contributed by atoms with Crippen LogP contribution >= 0.6 is 0 Å². The largest absolute Gasteiger partial charge is 0.354 e. The van der Waals surface area contributed by atoms with E-state index < -0.39 is 17.7 Å². The number of nitrogens with one attached hydrogen (secondary N) is 1. The van der Waals surface area contributed by atoms with Crippen LogP contribution in [0.1, 0.15) is 29.7 Å². The zero-order valence-corrected chi connectivity index (χ0v) is 12.4. The van der Waals surface area contributed by atoms with Gasteiger partial charge in [-0.25, -0.2) is 0 Å². The van der Waals surface area contributed by atoms with Crippen molar-refractivity contribution in [3.8, 4) is 0 Å². The first kappa shape index (κ1) is 15.7. The second kappa shape index (κ2) is 7.36. The average Bonchev–Trinajstić information content (AvgIpc) is 2.55. The Kier molecular flexibility index (Phi) is 5.25. The normalized spacial score (nSPS) is 11.7. The average molecular weight is 298 g/mol. The van der Waals surface area contributed by atoms with Crippen molar-refractivity contribution in [1.29, 1.82) is 0 Å². The molecule has 1 heterocycles. The van der Waals surface area contributed by atoms with E-state index >= 15 is 0 Å². The zero-order valence-electron chi connectivity index (χ0n) is 12.4. The van der Waals surface area contributed by atoms with Crippen LogP contribution in [0.3, 0.4) is 0 Å². The minimum Gasteiger partial charge on any atom is -0.354 e. The molecule has 0 saturated heterocycles. The summed E-state index contributed by atoms with van der Waals surface area (Å²) in [5, 5.41) is 2.69. The smallest absolute Gasteiger partial charge is 0.251 e. The van der Waals surface area contributed by atoms with Gasteiger partial charge in [0, 0.05) is 24.4 Å². The highest BCUT2D eigenvalue weighted by molar-refractivity contribution is 6.11. The van der Waals surface area contributed by atoms with Crippen LogP contribution in [0.4, 0.5) is 0 Å². The van der Waals surface area contributed by atoms with Crippen LogP contribution in [-0.2, 0) is 4.79 Å². The number of ketones is 1. The van der Waals surface area contributed by atoms with Crippen molar-refractivity contribution >= 4 is 11.7 Å². The van der Waals surface area contributed by atoms with Crippen LogP contribution in [0, 0.1) is 0 Å². The fourth-order valence-electron chi connectivity index (χ4n) is 2.13. The Morgan fingerprint density at radius 3 is 2.41 bits per heavy atom. The maximum absolute atomic E-state index is 12.7. The summed E-state index contributed by atoms with van der Waals surface area (Å²) in [6.07, 6.45) is 2.21. The molecule has 0 saturated carbocycles. The molecule has 0 radical (unpaired) electrons. The highest BCUT2D eigenvalue weighted by atomic mass is 16.2. The van der Waals surface area contributed by atoms with Gasteiger partial charge in [-0.3, -0.25) is 19.0 Å². The number of nitrogens with zero attached hydrogens (tertiary/aromatic N) is 1. The lowest BCUT2D eigenvalue weighted by Crippen LogP contribution is -2.41. The van der Waals surface area contributed by atoms with Crippen molar-refractivity contribution in [3.63, 3.8) is 0 Å². The number of hydrogen-bond acceptors (Lipinski definition) is 3. The maximum Gasteiger partial charge on any atom is 0.251 e. The van der Waals surface area contributed by atoms with Gasteiger partial charge in [0.05, 0.1) is 0 Å². The van der Waals surface area contributed by atoms with E-state index in [-0.39, 0.29) is 5.56 Å². The third-order valence-corrected chi connectivity index (χ3v) is 3.23. The van der Waals surface area contributed by atoms with E-state index in [1.54, 1.807) is 42.5 Å². The Morgan fingerprint density at radius 1 is 1.09 bits per heavy atom. The summed E-state index contributed by atoms with van der Waals surface area (Å²) < 4.78 is 1.17. The van der Waals surface area contributed by atoms with Crippen LogP contribution in [-0.4, -0.2) is 22.8 Å². The third-order valence-electron chi connectivity index (χ3n) is 3.23. The van der Waals surface area contributed by atoms with Crippen molar-refractivity contribution in [2.45, 2.75) is 19.4 Å². The first-order valence-electron chi connectivity index (χ1n) is 7.19. The number of benzene rings is 1. The van der Waals surface area contributed by atoms with E-state index in [0.717, 1.165) is 6.42 Å². The van der Waals surface area contributed by atoms with Crippen molar-refractivity contribution < 1.29 is 9.59 Å². The van der Waals surface area contributed by atoms with Gasteiger partial charge in [0.25, 0.3) is 11.5 Å². The minimum atomic E-state index is -1.19. The molecule has 0 unspecified atom stereocenters. The molecule has 1 N–H and O–H groups in total. The van der Waals surface area contributed by atoms with Crippen molar-refractivity contribution in [1.82, 2.24) is 9.88 Å². The van der Waals surface area contributed by atoms with Gasteiger partial charge in [0.1, 0.15) is 0 Å². The van der Waals surface area contributed by atoms with Crippen molar-refractivity contribution in [3.05, 3.63) is 70.6 Å². The fraction of sp³-hybridized carbons (Fsp3) is 0.235. The van der Waals surface area contributed by atoms with Gasteiger partial charge in [-0.1, -0.05) is 43.3 Å². The monoisotopic (exact) mass is 298 g/mol. The Bertz CT molecular complexity index is 707. The molecule has 2 aromatic rings. The molecule has 1 atom stereocenters. The molecule has 2 rings (SSSR count). The van der Waals surface area contributed by atoms with E-state index in [9.17, 15) is 14.4 Å². The number of pyridine rings is 1. The molecule has 0 aliphatic heterocycles.